The van der Waals surface area contributed by atoms with E-state index in [9.17, 15) is 17.6 Å². The van der Waals surface area contributed by atoms with Crippen LogP contribution >= 0.6 is 15.9 Å². The minimum Gasteiger partial charge on any atom is -0.493 e. The number of methoxy groups -OCH3 is 2. The number of rotatable bonds is 8. The molecule has 0 heterocycles. The zero-order valence-corrected chi connectivity index (χ0v) is 20.5. The summed E-state index contributed by atoms with van der Waals surface area (Å²) in [6, 6.07) is 15.5. The highest BCUT2D eigenvalue weighted by Gasteiger charge is 2.27. The first-order valence-electron chi connectivity index (χ1n) is 9.68. The van der Waals surface area contributed by atoms with Crippen molar-refractivity contribution in [2.24, 2.45) is 0 Å². The molecule has 10 heteroatoms. The van der Waals surface area contributed by atoms with Gasteiger partial charge in [0, 0.05) is 21.8 Å². The number of ether oxygens (including phenoxy) is 2. The number of hydrogen-bond donors (Lipinski definition) is 1. The highest BCUT2D eigenvalue weighted by molar-refractivity contribution is 9.10. The van der Waals surface area contributed by atoms with E-state index in [1.807, 2.05) is 0 Å². The van der Waals surface area contributed by atoms with Gasteiger partial charge < -0.3 is 14.8 Å². The van der Waals surface area contributed by atoms with E-state index < -0.39 is 21.7 Å². The molecular weight excluding hydrogens is 515 g/mol. The van der Waals surface area contributed by atoms with Crippen molar-refractivity contribution in [2.75, 3.05) is 30.1 Å². The van der Waals surface area contributed by atoms with Gasteiger partial charge in [0.2, 0.25) is 10.0 Å². The minimum atomic E-state index is -3.93. The maximum atomic E-state index is 14.3. The molecule has 0 aromatic heterocycles. The molecule has 0 saturated heterocycles. The topological polar surface area (TPSA) is 84.9 Å². The maximum Gasteiger partial charge on any atom is 0.257 e. The van der Waals surface area contributed by atoms with Gasteiger partial charge in [0.05, 0.1) is 38.3 Å². The third-order valence-electron chi connectivity index (χ3n) is 4.79. The van der Waals surface area contributed by atoms with Crippen molar-refractivity contribution in [2.45, 2.75) is 6.54 Å². The summed E-state index contributed by atoms with van der Waals surface area (Å²) in [4.78, 5) is 13.2. The Hall–Kier alpha value is -3.11. The third kappa shape index (κ3) is 5.82. The summed E-state index contributed by atoms with van der Waals surface area (Å²) in [7, 11) is -1.13. The fraction of sp³-hybridized carbons (Fsp3) is 0.174. The van der Waals surface area contributed by atoms with Crippen LogP contribution in [0, 0.1) is 5.82 Å². The van der Waals surface area contributed by atoms with Crippen LogP contribution in [0.15, 0.2) is 65.1 Å². The van der Waals surface area contributed by atoms with E-state index in [-0.39, 0.29) is 34.9 Å². The van der Waals surface area contributed by atoms with E-state index in [0.29, 0.717) is 5.69 Å². The van der Waals surface area contributed by atoms with Crippen LogP contribution in [0.3, 0.4) is 0 Å². The maximum absolute atomic E-state index is 14.3. The standard InChI is InChI=1S/C23H22BrFN2O5S/c1-31-21-12-18(23(28)26-17-10-8-16(24)9-11-17)20(13-22(21)32-2)27(33(3,29)30)14-15-6-4-5-7-19(15)25/h4-13H,14H2,1-3H3,(H,26,28). The van der Waals surface area contributed by atoms with Crippen molar-refractivity contribution in [3.05, 3.63) is 82.1 Å². The Kier molecular flexibility index (Phi) is 7.60. The Balaban J connectivity index is 2.14. The van der Waals surface area contributed by atoms with Crippen molar-refractivity contribution >= 4 is 43.2 Å². The number of halogens is 2. The van der Waals surface area contributed by atoms with Crippen LogP contribution in [-0.4, -0.2) is 34.8 Å². The largest absolute Gasteiger partial charge is 0.493 e. The summed E-state index contributed by atoms with van der Waals surface area (Å²) >= 11 is 3.33. The summed E-state index contributed by atoms with van der Waals surface area (Å²) in [5.74, 6) is -0.681. The average Bonchev–Trinajstić information content (AvgIpc) is 2.78. The first kappa shape index (κ1) is 24.5. The molecule has 0 spiro atoms. The molecule has 1 N–H and O–H groups in total. The molecule has 1 amide bonds. The zero-order valence-electron chi connectivity index (χ0n) is 18.1. The lowest BCUT2D eigenvalue weighted by atomic mass is 10.1. The minimum absolute atomic E-state index is 0.0114. The van der Waals surface area contributed by atoms with Crippen LogP contribution in [0.1, 0.15) is 15.9 Å². The second-order valence-corrected chi connectivity index (χ2v) is 9.87. The number of carbonyl (C=O) groups excluding carboxylic acids is 1. The molecule has 0 aliphatic heterocycles. The van der Waals surface area contributed by atoms with E-state index in [1.54, 1.807) is 30.3 Å². The highest BCUT2D eigenvalue weighted by atomic mass is 79.9. The van der Waals surface area contributed by atoms with Crippen LogP contribution < -0.4 is 19.1 Å². The normalized spacial score (nSPS) is 11.1. The summed E-state index contributed by atoms with van der Waals surface area (Å²) in [5, 5.41) is 2.74. The fourth-order valence-corrected chi connectivity index (χ4v) is 4.30. The Morgan fingerprint density at radius 1 is 1.03 bits per heavy atom. The van der Waals surface area contributed by atoms with Gasteiger partial charge in [-0.2, -0.15) is 0 Å². The zero-order chi connectivity index (χ0) is 24.2. The SMILES string of the molecule is COc1cc(C(=O)Nc2ccc(Br)cc2)c(N(Cc2ccccc2F)S(C)(=O)=O)cc1OC. The molecule has 0 saturated carbocycles. The van der Waals surface area contributed by atoms with Crippen LogP contribution in [0.2, 0.25) is 0 Å². The van der Waals surface area contributed by atoms with Gasteiger partial charge in [-0.3, -0.25) is 9.10 Å². The van der Waals surface area contributed by atoms with E-state index in [2.05, 4.69) is 21.2 Å². The van der Waals surface area contributed by atoms with Gasteiger partial charge in [0.25, 0.3) is 5.91 Å². The first-order chi connectivity index (χ1) is 15.6. The van der Waals surface area contributed by atoms with Gasteiger partial charge in [0.1, 0.15) is 5.82 Å². The molecule has 3 rings (SSSR count). The van der Waals surface area contributed by atoms with Gasteiger partial charge in [-0.15, -0.1) is 0 Å². The third-order valence-corrected chi connectivity index (χ3v) is 6.44. The summed E-state index contributed by atoms with van der Waals surface area (Å²) in [5.41, 5.74) is 0.686. The van der Waals surface area contributed by atoms with Crippen molar-refractivity contribution in [3.63, 3.8) is 0 Å². The van der Waals surface area contributed by atoms with Gasteiger partial charge in [-0.05, 0) is 36.4 Å². The molecular formula is C23H22BrFN2O5S. The van der Waals surface area contributed by atoms with E-state index >= 15 is 0 Å². The number of anilines is 2. The Labute approximate surface area is 200 Å². The second-order valence-electron chi connectivity index (χ2n) is 7.05. The molecule has 33 heavy (non-hydrogen) atoms. The lowest BCUT2D eigenvalue weighted by Crippen LogP contribution is -2.32. The number of hydrogen-bond acceptors (Lipinski definition) is 5. The summed E-state index contributed by atoms with van der Waals surface area (Å²) in [6.45, 7) is -0.320. The highest BCUT2D eigenvalue weighted by Crippen LogP contribution is 2.37. The van der Waals surface area contributed by atoms with Gasteiger partial charge in [-0.25, -0.2) is 12.8 Å². The smallest absolute Gasteiger partial charge is 0.257 e. The Morgan fingerprint density at radius 2 is 1.64 bits per heavy atom. The lowest BCUT2D eigenvalue weighted by molar-refractivity contribution is 0.102. The molecule has 3 aromatic rings. The van der Waals surface area contributed by atoms with Crippen molar-refractivity contribution in [1.82, 2.24) is 0 Å². The second kappa shape index (κ2) is 10.2. The average molecular weight is 537 g/mol. The van der Waals surface area contributed by atoms with E-state index in [0.717, 1.165) is 15.0 Å². The number of nitrogens with zero attached hydrogens (tertiary/aromatic N) is 1. The Bertz CT molecular complexity index is 1270. The van der Waals surface area contributed by atoms with Gasteiger partial charge in [-0.1, -0.05) is 34.1 Å². The van der Waals surface area contributed by atoms with Gasteiger partial charge in [0.15, 0.2) is 11.5 Å². The lowest BCUT2D eigenvalue weighted by Gasteiger charge is -2.26. The quantitative estimate of drug-likeness (QED) is 0.446. The fourth-order valence-electron chi connectivity index (χ4n) is 3.15. The first-order valence-corrected chi connectivity index (χ1v) is 12.3. The van der Waals surface area contributed by atoms with Crippen LogP contribution in [-0.2, 0) is 16.6 Å². The van der Waals surface area contributed by atoms with Crippen molar-refractivity contribution in [1.29, 1.82) is 0 Å². The van der Waals surface area contributed by atoms with E-state index in [4.69, 9.17) is 9.47 Å². The summed E-state index contributed by atoms with van der Waals surface area (Å²) in [6.07, 6.45) is 0.987. The molecule has 0 unspecified atom stereocenters. The number of sulfonamides is 1. The monoisotopic (exact) mass is 536 g/mol. The van der Waals surface area contributed by atoms with Crippen LogP contribution in [0.25, 0.3) is 0 Å². The van der Waals surface area contributed by atoms with Crippen LogP contribution in [0.4, 0.5) is 15.8 Å². The summed E-state index contributed by atoms with van der Waals surface area (Å²) < 4.78 is 52.3. The number of benzene rings is 3. The number of nitrogens with one attached hydrogen (secondary N) is 1. The van der Waals surface area contributed by atoms with Gasteiger partial charge >= 0.3 is 0 Å². The van der Waals surface area contributed by atoms with Crippen LogP contribution in [0.5, 0.6) is 11.5 Å². The molecule has 0 fully saturated rings. The molecule has 0 aliphatic rings. The van der Waals surface area contributed by atoms with Crippen molar-refractivity contribution < 1.29 is 27.1 Å². The molecule has 0 bridgehead atoms. The van der Waals surface area contributed by atoms with E-state index in [1.165, 1.54) is 44.6 Å². The molecule has 0 radical (unpaired) electrons. The number of carbonyl (C=O) groups is 1. The van der Waals surface area contributed by atoms with Crippen molar-refractivity contribution in [3.8, 4) is 11.5 Å². The predicted molar refractivity (Wildman–Crippen MR) is 129 cm³/mol. The molecule has 7 nitrogen and oxygen atoms in total. The molecule has 0 aliphatic carbocycles. The molecule has 0 atom stereocenters. The molecule has 3 aromatic carbocycles. The molecule has 174 valence electrons. The Morgan fingerprint density at radius 3 is 2.21 bits per heavy atom. The number of amides is 1. The predicted octanol–water partition coefficient (Wildman–Crippen LogP) is 4.82.